The molecule has 1 saturated heterocycles. The van der Waals surface area contributed by atoms with Gasteiger partial charge < -0.3 is 10.6 Å². The summed E-state index contributed by atoms with van der Waals surface area (Å²) in [7, 11) is 0. The third kappa shape index (κ3) is 1.85. The first-order valence-electron chi connectivity index (χ1n) is 5.06. The van der Waals surface area contributed by atoms with E-state index in [0.29, 0.717) is 12.1 Å². The molecule has 0 amide bonds. The van der Waals surface area contributed by atoms with Crippen LogP contribution in [-0.2, 0) is 0 Å². The molecule has 4 heteroatoms. The third-order valence-electron chi connectivity index (χ3n) is 2.73. The molecule has 1 aliphatic rings. The van der Waals surface area contributed by atoms with Crippen LogP contribution >= 0.6 is 0 Å². The second-order valence-corrected chi connectivity index (χ2v) is 3.88. The van der Waals surface area contributed by atoms with Gasteiger partial charge in [-0.3, -0.25) is 0 Å². The van der Waals surface area contributed by atoms with Gasteiger partial charge in [0.15, 0.2) is 0 Å². The zero-order valence-corrected chi connectivity index (χ0v) is 8.43. The number of hydrogen-bond acceptors (Lipinski definition) is 4. The predicted octanol–water partition coefficient (Wildman–Crippen LogP) is 0.793. The Kier molecular flexibility index (Phi) is 2.63. The second-order valence-electron chi connectivity index (χ2n) is 3.88. The Hall–Kier alpha value is -1.16. The van der Waals surface area contributed by atoms with Gasteiger partial charge in [0.05, 0.1) is 0 Å². The fraction of sp³-hybridized carbons (Fsp3) is 0.600. The molecule has 2 atom stereocenters. The lowest BCUT2D eigenvalue weighted by Crippen LogP contribution is -2.46. The van der Waals surface area contributed by atoms with Crippen LogP contribution in [0.3, 0.4) is 0 Å². The van der Waals surface area contributed by atoms with Crippen molar-refractivity contribution in [2.24, 2.45) is 5.73 Å². The Morgan fingerprint density at radius 1 is 1.43 bits per heavy atom. The highest BCUT2D eigenvalue weighted by Crippen LogP contribution is 2.19. The van der Waals surface area contributed by atoms with Crippen LogP contribution in [0.1, 0.15) is 19.8 Å². The van der Waals surface area contributed by atoms with Crippen molar-refractivity contribution in [3.8, 4) is 0 Å². The SMILES string of the molecule is CC1CC(N)CCN1c1ncccn1. The summed E-state index contributed by atoms with van der Waals surface area (Å²) in [6.07, 6.45) is 5.62. The summed E-state index contributed by atoms with van der Waals surface area (Å²) in [6.45, 7) is 3.14. The topological polar surface area (TPSA) is 55.0 Å². The minimum atomic E-state index is 0.338. The smallest absolute Gasteiger partial charge is 0.225 e. The van der Waals surface area contributed by atoms with Crippen molar-refractivity contribution < 1.29 is 0 Å². The molecule has 4 nitrogen and oxygen atoms in total. The summed E-state index contributed by atoms with van der Waals surface area (Å²) in [4.78, 5) is 10.7. The Morgan fingerprint density at radius 2 is 2.14 bits per heavy atom. The molecule has 1 aromatic rings. The van der Waals surface area contributed by atoms with Gasteiger partial charge in [-0.2, -0.15) is 0 Å². The molecule has 0 aromatic carbocycles. The summed E-state index contributed by atoms with van der Waals surface area (Å²) in [5, 5.41) is 0. The van der Waals surface area contributed by atoms with Gasteiger partial charge in [0.2, 0.25) is 5.95 Å². The summed E-state index contributed by atoms with van der Waals surface area (Å²) < 4.78 is 0. The highest BCUT2D eigenvalue weighted by Gasteiger charge is 2.24. The number of anilines is 1. The molecular weight excluding hydrogens is 176 g/mol. The summed E-state index contributed by atoms with van der Waals surface area (Å²) >= 11 is 0. The van der Waals surface area contributed by atoms with Crippen LogP contribution in [0.25, 0.3) is 0 Å². The minimum absolute atomic E-state index is 0.338. The third-order valence-corrected chi connectivity index (χ3v) is 2.73. The van der Waals surface area contributed by atoms with Gasteiger partial charge >= 0.3 is 0 Å². The maximum absolute atomic E-state index is 5.90. The summed E-state index contributed by atoms with van der Waals surface area (Å²) in [6, 6.07) is 2.62. The fourth-order valence-corrected chi connectivity index (χ4v) is 1.95. The van der Waals surface area contributed by atoms with Crippen LogP contribution in [-0.4, -0.2) is 28.6 Å². The van der Waals surface area contributed by atoms with Gasteiger partial charge in [-0.05, 0) is 25.8 Å². The monoisotopic (exact) mass is 192 g/mol. The van der Waals surface area contributed by atoms with E-state index in [0.717, 1.165) is 25.3 Å². The lowest BCUT2D eigenvalue weighted by molar-refractivity contribution is 0.424. The van der Waals surface area contributed by atoms with E-state index in [2.05, 4.69) is 21.8 Å². The van der Waals surface area contributed by atoms with Crippen LogP contribution in [0.2, 0.25) is 0 Å². The van der Waals surface area contributed by atoms with E-state index in [1.165, 1.54) is 0 Å². The molecule has 2 heterocycles. The predicted molar refractivity (Wildman–Crippen MR) is 56.0 cm³/mol. The average Bonchev–Trinajstić information content (AvgIpc) is 2.19. The zero-order chi connectivity index (χ0) is 9.97. The molecule has 0 saturated carbocycles. The number of nitrogens with two attached hydrogens (primary N) is 1. The molecule has 76 valence electrons. The maximum Gasteiger partial charge on any atom is 0.225 e. The second kappa shape index (κ2) is 3.92. The highest BCUT2D eigenvalue weighted by molar-refractivity contribution is 5.31. The largest absolute Gasteiger partial charge is 0.338 e. The molecule has 0 aliphatic carbocycles. The Labute approximate surface area is 84.2 Å². The van der Waals surface area contributed by atoms with E-state index in [1.54, 1.807) is 12.4 Å². The average molecular weight is 192 g/mol. The van der Waals surface area contributed by atoms with Crippen LogP contribution in [0, 0.1) is 0 Å². The lowest BCUT2D eigenvalue weighted by Gasteiger charge is -2.36. The Balaban J connectivity index is 2.12. The highest BCUT2D eigenvalue weighted by atomic mass is 15.3. The first-order valence-corrected chi connectivity index (χ1v) is 5.06. The Morgan fingerprint density at radius 3 is 2.79 bits per heavy atom. The number of piperidine rings is 1. The molecular formula is C10H16N4. The van der Waals surface area contributed by atoms with Crippen molar-refractivity contribution >= 4 is 5.95 Å². The normalized spacial score (nSPS) is 27.7. The first kappa shape index (κ1) is 9.40. The molecule has 0 spiro atoms. The molecule has 0 bridgehead atoms. The Bertz CT molecular complexity index is 287. The van der Waals surface area contributed by atoms with Gasteiger partial charge in [-0.15, -0.1) is 0 Å². The quantitative estimate of drug-likeness (QED) is 0.715. The van der Waals surface area contributed by atoms with Gasteiger partial charge in [0.25, 0.3) is 0 Å². The molecule has 1 fully saturated rings. The lowest BCUT2D eigenvalue weighted by atomic mass is 10.00. The van der Waals surface area contributed by atoms with Crippen molar-refractivity contribution in [3.05, 3.63) is 18.5 Å². The van der Waals surface area contributed by atoms with E-state index in [4.69, 9.17) is 5.73 Å². The number of aromatic nitrogens is 2. The summed E-state index contributed by atoms with van der Waals surface area (Å²) in [5.74, 6) is 0.826. The van der Waals surface area contributed by atoms with Crippen molar-refractivity contribution in [3.63, 3.8) is 0 Å². The van der Waals surface area contributed by atoms with Crippen molar-refractivity contribution in [1.29, 1.82) is 0 Å². The first-order chi connectivity index (χ1) is 6.77. The van der Waals surface area contributed by atoms with E-state index in [9.17, 15) is 0 Å². The maximum atomic E-state index is 5.90. The zero-order valence-electron chi connectivity index (χ0n) is 8.43. The van der Waals surface area contributed by atoms with Crippen LogP contribution < -0.4 is 10.6 Å². The van der Waals surface area contributed by atoms with Crippen LogP contribution in [0.4, 0.5) is 5.95 Å². The van der Waals surface area contributed by atoms with Crippen LogP contribution in [0.5, 0.6) is 0 Å². The standard InChI is InChI=1S/C10H16N4/c1-8-7-9(11)3-6-14(8)10-12-4-2-5-13-10/h2,4-5,8-9H,3,6-7,11H2,1H3. The fourth-order valence-electron chi connectivity index (χ4n) is 1.95. The van der Waals surface area contributed by atoms with E-state index < -0.39 is 0 Å². The number of nitrogens with zero attached hydrogens (tertiary/aromatic N) is 3. The van der Waals surface area contributed by atoms with Crippen molar-refractivity contribution in [2.75, 3.05) is 11.4 Å². The van der Waals surface area contributed by atoms with Crippen molar-refractivity contribution in [1.82, 2.24) is 9.97 Å². The van der Waals surface area contributed by atoms with Gasteiger partial charge in [-0.1, -0.05) is 0 Å². The molecule has 1 aliphatic heterocycles. The molecule has 14 heavy (non-hydrogen) atoms. The van der Waals surface area contributed by atoms with E-state index >= 15 is 0 Å². The molecule has 2 rings (SSSR count). The van der Waals surface area contributed by atoms with Crippen molar-refractivity contribution in [2.45, 2.75) is 31.8 Å². The minimum Gasteiger partial charge on any atom is -0.338 e. The van der Waals surface area contributed by atoms with E-state index in [1.807, 2.05) is 6.07 Å². The summed E-state index contributed by atoms with van der Waals surface area (Å²) in [5.41, 5.74) is 5.90. The van der Waals surface area contributed by atoms with Crippen LogP contribution in [0.15, 0.2) is 18.5 Å². The molecule has 0 radical (unpaired) electrons. The number of rotatable bonds is 1. The molecule has 2 N–H and O–H groups in total. The molecule has 2 unspecified atom stereocenters. The van der Waals surface area contributed by atoms with E-state index in [-0.39, 0.29) is 0 Å². The van der Waals surface area contributed by atoms with Gasteiger partial charge in [-0.25, -0.2) is 9.97 Å². The van der Waals surface area contributed by atoms with Gasteiger partial charge in [0, 0.05) is 31.0 Å². The van der Waals surface area contributed by atoms with Gasteiger partial charge in [0.1, 0.15) is 0 Å². The molecule has 1 aromatic heterocycles. The number of hydrogen-bond donors (Lipinski definition) is 1.